The fourth-order valence-corrected chi connectivity index (χ4v) is 6.45. The van der Waals surface area contributed by atoms with Gasteiger partial charge in [-0.05, 0) is 110 Å². The van der Waals surface area contributed by atoms with Gasteiger partial charge in [0, 0.05) is 33.7 Å². The Bertz CT molecular complexity index is 2200. The number of nitrogens with one attached hydrogen (secondary N) is 6. The normalized spacial score (nSPS) is 10.8. The second-order valence-electron chi connectivity index (χ2n) is 15.5. The highest BCUT2D eigenvalue weighted by atomic mass is 35.5. The van der Waals surface area contributed by atoms with Crippen LogP contribution >= 0.6 is 34.8 Å². The topological polar surface area (TPSA) is 184 Å². The van der Waals surface area contributed by atoms with Crippen molar-refractivity contribution in [3.05, 3.63) is 141 Å². The van der Waals surface area contributed by atoms with Crippen molar-refractivity contribution in [1.29, 1.82) is 0 Å². The minimum Gasteiger partial charge on any atom is -0.506 e. The van der Waals surface area contributed by atoms with Crippen molar-refractivity contribution >= 4 is 70.0 Å². The zero-order valence-electron chi connectivity index (χ0n) is 34.4. The van der Waals surface area contributed by atoms with Crippen LogP contribution < -0.4 is 31.9 Å². The molecular formula is C45H53Cl3N6O6. The number of hydrogen-bond acceptors (Lipinski definition) is 6. The highest BCUT2D eigenvalue weighted by Gasteiger charge is 2.27. The summed E-state index contributed by atoms with van der Waals surface area (Å²) in [6.07, 6.45) is 1.57. The maximum absolute atomic E-state index is 12.0. The summed E-state index contributed by atoms with van der Waals surface area (Å²) in [6.45, 7) is 13.2. The van der Waals surface area contributed by atoms with E-state index in [2.05, 4.69) is 52.7 Å². The van der Waals surface area contributed by atoms with Gasteiger partial charge >= 0.3 is 18.1 Å². The number of urea groups is 3. The number of amides is 6. The smallest absolute Gasteiger partial charge is 0.319 e. The third-order valence-corrected chi connectivity index (χ3v) is 8.99. The number of halogens is 3. The predicted molar refractivity (Wildman–Crippen MR) is 244 cm³/mol. The van der Waals surface area contributed by atoms with Crippen LogP contribution in [0.15, 0.2) is 109 Å². The van der Waals surface area contributed by atoms with Gasteiger partial charge < -0.3 is 47.2 Å². The molecule has 0 saturated heterocycles. The summed E-state index contributed by atoms with van der Waals surface area (Å²) in [5, 5.41) is 46.3. The van der Waals surface area contributed by atoms with E-state index in [9.17, 15) is 29.7 Å². The highest BCUT2D eigenvalue weighted by molar-refractivity contribution is 6.31. The van der Waals surface area contributed by atoms with Gasteiger partial charge in [-0.3, -0.25) is 0 Å². The van der Waals surface area contributed by atoms with Crippen molar-refractivity contribution in [3.63, 3.8) is 0 Å². The number of anilines is 3. The zero-order chi connectivity index (χ0) is 44.5. The number of rotatable bonds is 10. The van der Waals surface area contributed by atoms with E-state index in [1.165, 1.54) is 36.4 Å². The van der Waals surface area contributed by atoms with E-state index < -0.39 is 6.03 Å². The van der Waals surface area contributed by atoms with E-state index in [0.29, 0.717) is 33.8 Å². The van der Waals surface area contributed by atoms with Crippen molar-refractivity contribution in [3.8, 4) is 17.2 Å². The SMILES string of the molecule is CC(C)(C)CC(C)(C)NC(=O)Nc1cc(Cl)ccc1O.Cc1ccccc1CNC(=O)Nc1cc(Cl)ccc1O.O=C(NCCc1ccccc1)Nc1cc(Cl)ccc1O. The molecule has 0 unspecified atom stereocenters. The number of benzene rings is 5. The van der Waals surface area contributed by atoms with Crippen molar-refractivity contribution in [2.24, 2.45) is 5.41 Å². The van der Waals surface area contributed by atoms with Gasteiger partial charge in [0.15, 0.2) is 0 Å². The van der Waals surface area contributed by atoms with Crippen LogP contribution in [0.5, 0.6) is 17.2 Å². The van der Waals surface area contributed by atoms with Gasteiger partial charge in [-0.15, -0.1) is 0 Å². The van der Waals surface area contributed by atoms with Crippen LogP contribution in [0.3, 0.4) is 0 Å². The second kappa shape index (κ2) is 23.1. The molecule has 320 valence electrons. The van der Waals surface area contributed by atoms with Crippen LogP contribution in [0.4, 0.5) is 31.4 Å². The van der Waals surface area contributed by atoms with Crippen molar-refractivity contribution in [2.75, 3.05) is 22.5 Å². The lowest BCUT2D eigenvalue weighted by atomic mass is 9.82. The minimum atomic E-state index is -0.397. The van der Waals surface area contributed by atoms with Gasteiger partial charge in [0.25, 0.3) is 0 Å². The third-order valence-electron chi connectivity index (χ3n) is 8.29. The molecule has 0 aliphatic carbocycles. The van der Waals surface area contributed by atoms with Crippen LogP contribution in [0.2, 0.25) is 15.1 Å². The van der Waals surface area contributed by atoms with Crippen LogP contribution in [0, 0.1) is 12.3 Å². The van der Waals surface area contributed by atoms with Gasteiger partial charge in [-0.2, -0.15) is 0 Å². The van der Waals surface area contributed by atoms with E-state index in [0.717, 1.165) is 29.5 Å². The molecule has 0 aliphatic rings. The van der Waals surface area contributed by atoms with Crippen molar-refractivity contribution in [1.82, 2.24) is 16.0 Å². The van der Waals surface area contributed by atoms with E-state index in [-0.39, 0.29) is 51.6 Å². The lowest BCUT2D eigenvalue weighted by Crippen LogP contribution is -2.47. The average molecular weight is 880 g/mol. The lowest BCUT2D eigenvalue weighted by molar-refractivity contribution is 0.220. The first kappa shape index (κ1) is 48.5. The Balaban J connectivity index is 0.000000240. The number of aromatic hydroxyl groups is 3. The predicted octanol–water partition coefficient (Wildman–Crippen LogP) is 11.5. The molecular weight excluding hydrogens is 827 g/mol. The quantitative estimate of drug-likeness (QED) is 0.0629. The molecule has 0 heterocycles. The Kier molecular flexibility index (Phi) is 18.7. The van der Waals surface area contributed by atoms with E-state index in [1.54, 1.807) is 18.2 Å². The molecule has 12 nitrogen and oxygen atoms in total. The summed E-state index contributed by atoms with van der Waals surface area (Å²) in [5.41, 5.74) is 3.91. The number of aryl methyl sites for hydroxylation is 1. The Morgan fingerprint density at radius 2 is 1.00 bits per heavy atom. The Morgan fingerprint density at radius 3 is 1.47 bits per heavy atom. The largest absolute Gasteiger partial charge is 0.506 e. The molecule has 9 N–H and O–H groups in total. The van der Waals surface area contributed by atoms with Gasteiger partial charge in [0.2, 0.25) is 0 Å². The molecule has 6 amide bonds. The molecule has 0 saturated carbocycles. The number of phenols is 3. The molecule has 0 atom stereocenters. The number of carbonyl (C=O) groups excluding carboxylic acids is 3. The van der Waals surface area contributed by atoms with E-state index >= 15 is 0 Å². The first-order chi connectivity index (χ1) is 28.2. The van der Waals surface area contributed by atoms with Crippen molar-refractivity contribution in [2.45, 2.75) is 66.5 Å². The molecule has 0 radical (unpaired) electrons. The summed E-state index contributed by atoms with van der Waals surface area (Å²) < 4.78 is 0. The van der Waals surface area contributed by atoms with Gasteiger partial charge in [0.05, 0.1) is 17.1 Å². The number of carbonyl (C=O) groups is 3. The molecule has 0 aliphatic heterocycles. The minimum absolute atomic E-state index is 0.0156. The standard InChI is InChI=1S/2C15H15ClN2O2.C15H23ClN2O2/c1-10-4-2-3-5-11(10)9-17-15(20)18-13-8-12(16)6-7-14(13)19;16-12-6-7-14(19)13(10-12)18-15(20)17-9-8-11-4-2-1-3-5-11;1-14(2,3)9-15(4,5)18-13(20)17-11-8-10(16)6-7-12(11)19/h2-8,19H,9H2,1H3,(H2,17,18,20);1-7,10,19H,8-9H2,(H2,17,18,20);6-8,19H,9H2,1-5H3,(H2,17,18,20). The van der Waals surface area contributed by atoms with Gasteiger partial charge in [0.1, 0.15) is 17.2 Å². The zero-order valence-corrected chi connectivity index (χ0v) is 36.7. The first-order valence-corrected chi connectivity index (χ1v) is 20.1. The molecule has 5 rings (SSSR count). The fourth-order valence-electron chi connectivity index (χ4n) is 5.94. The van der Waals surface area contributed by atoms with Crippen molar-refractivity contribution < 1.29 is 29.7 Å². The molecule has 0 fully saturated rings. The monoisotopic (exact) mass is 878 g/mol. The molecule has 0 bridgehead atoms. The third kappa shape index (κ3) is 18.4. The Hall–Kier alpha value is -5.82. The summed E-state index contributed by atoms with van der Waals surface area (Å²) in [4.78, 5) is 35.5. The molecule has 0 aromatic heterocycles. The summed E-state index contributed by atoms with van der Waals surface area (Å²) >= 11 is 17.5. The fraction of sp³-hybridized carbons (Fsp3) is 0.267. The molecule has 15 heteroatoms. The van der Waals surface area contributed by atoms with Gasteiger partial charge in [-0.1, -0.05) is 110 Å². The number of hydrogen-bond donors (Lipinski definition) is 9. The van der Waals surface area contributed by atoms with E-state index in [1.807, 2.05) is 75.4 Å². The Labute approximate surface area is 366 Å². The lowest BCUT2D eigenvalue weighted by Gasteiger charge is -2.33. The molecule has 5 aromatic rings. The molecule has 5 aromatic carbocycles. The maximum atomic E-state index is 12.0. The molecule has 0 spiro atoms. The van der Waals surface area contributed by atoms with E-state index in [4.69, 9.17) is 34.8 Å². The van der Waals surface area contributed by atoms with Crippen LogP contribution in [0.25, 0.3) is 0 Å². The highest BCUT2D eigenvalue weighted by Crippen LogP contribution is 2.30. The van der Waals surface area contributed by atoms with Crippen LogP contribution in [-0.4, -0.2) is 45.5 Å². The first-order valence-electron chi connectivity index (χ1n) is 18.9. The summed E-state index contributed by atoms with van der Waals surface area (Å²) in [6, 6.07) is 30.0. The van der Waals surface area contributed by atoms with Gasteiger partial charge in [-0.25, -0.2) is 14.4 Å². The molecule has 60 heavy (non-hydrogen) atoms. The van der Waals surface area contributed by atoms with Crippen LogP contribution in [-0.2, 0) is 13.0 Å². The number of phenolic OH excluding ortho intramolecular Hbond substituents is 3. The average Bonchev–Trinajstić information content (AvgIpc) is 3.15. The van der Waals surface area contributed by atoms with Crippen LogP contribution in [0.1, 0.15) is 57.7 Å². The summed E-state index contributed by atoms with van der Waals surface area (Å²) in [5.74, 6) is -0.0637. The maximum Gasteiger partial charge on any atom is 0.319 e. The Morgan fingerprint density at radius 1 is 0.567 bits per heavy atom. The summed E-state index contributed by atoms with van der Waals surface area (Å²) in [7, 11) is 0. The second-order valence-corrected chi connectivity index (χ2v) is 16.8.